The number of carbonyl (C=O) groups is 2. The molecule has 7 nitrogen and oxygen atoms in total. The standard InChI is InChI=1S/C25H25N3O4S/c1-3-31-19-13-16(9-10-18(19)32-25(30)15-7-5-4-6-8-15)22-26-23(29)21-17-11-12-28(2)14-20(17)33-24(21)27-22/h4-10,13,22,27H,3,11-12,14H2,1-2H3,(H,26,29)/p+1. The van der Waals surface area contributed by atoms with Gasteiger partial charge in [0.1, 0.15) is 17.7 Å². The van der Waals surface area contributed by atoms with E-state index in [0.29, 0.717) is 23.7 Å². The molecule has 2 aliphatic heterocycles. The summed E-state index contributed by atoms with van der Waals surface area (Å²) >= 11 is 1.67. The number of amides is 1. The molecule has 0 saturated heterocycles. The fraction of sp³-hybridized carbons (Fsp3) is 0.280. The quantitative estimate of drug-likeness (QED) is 0.400. The largest absolute Gasteiger partial charge is 0.490 e. The highest BCUT2D eigenvalue weighted by Crippen LogP contribution is 2.40. The minimum Gasteiger partial charge on any atom is -0.490 e. The van der Waals surface area contributed by atoms with Crippen molar-refractivity contribution in [2.75, 3.05) is 25.5 Å². The first-order chi connectivity index (χ1) is 16.0. The Balaban J connectivity index is 1.40. The third-order valence-electron chi connectivity index (χ3n) is 5.95. The van der Waals surface area contributed by atoms with Crippen LogP contribution in [0.25, 0.3) is 0 Å². The van der Waals surface area contributed by atoms with Crippen LogP contribution in [0, 0.1) is 0 Å². The number of ether oxygens (including phenoxy) is 2. The first-order valence-corrected chi connectivity index (χ1v) is 11.9. The van der Waals surface area contributed by atoms with Gasteiger partial charge in [0.05, 0.1) is 36.2 Å². The van der Waals surface area contributed by atoms with Crippen LogP contribution in [-0.4, -0.2) is 32.1 Å². The van der Waals surface area contributed by atoms with Gasteiger partial charge in [-0.15, -0.1) is 11.3 Å². The van der Waals surface area contributed by atoms with E-state index in [-0.39, 0.29) is 5.91 Å². The Hall–Kier alpha value is -3.36. The molecule has 0 radical (unpaired) electrons. The zero-order chi connectivity index (χ0) is 22.9. The van der Waals surface area contributed by atoms with Gasteiger partial charge in [-0.1, -0.05) is 24.3 Å². The average molecular weight is 465 g/mol. The Morgan fingerprint density at radius 2 is 1.97 bits per heavy atom. The van der Waals surface area contributed by atoms with E-state index >= 15 is 0 Å². The van der Waals surface area contributed by atoms with Gasteiger partial charge in [-0.3, -0.25) is 4.79 Å². The number of anilines is 1. The number of hydrogen-bond donors (Lipinski definition) is 3. The monoisotopic (exact) mass is 464 g/mol. The number of likely N-dealkylation sites (N-methyl/N-ethyl adjacent to an activating group) is 1. The summed E-state index contributed by atoms with van der Waals surface area (Å²) in [5, 5.41) is 7.48. The van der Waals surface area contributed by atoms with E-state index < -0.39 is 12.1 Å². The van der Waals surface area contributed by atoms with Crippen LogP contribution in [0.3, 0.4) is 0 Å². The van der Waals surface area contributed by atoms with Crippen molar-refractivity contribution in [2.45, 2.75) is 26.1 Å². The summed E-state index contributed by atoms with van der Waals surface area (Å²) < 4.78 is 11.4. The molecule has 170 valence electrons. The molecule has 0 bridgehead atoms. The predicted octanol–water partition coefficient (Wildman–Crippen LogP) is 2.79. The Labute approximate surface area is 196 Å². The molecule has 8 heteroatoms. The molecule has 2 atom stereocenters. The maximum atomic E-state index is 13.0. The van der Waals surface area contributed by atoms with Crippen molar-refractivity contribution in [3.63, 3.8) is 0 Å². The summed E-state index contributed by atoms with van der Waals surface area (Å²) in [6, 6.07) is 14.2. The number of rotatable bonds is 5. The van der Waals surface area contributed by atoms with Crippen molar-refractivity contribution < 1.29 is 24.0 Å². The smallest absolute Gasteiger partial charge is 0.343 e. The molecular weight excluding hydrogens is 438 g/mol. The molecule has 2 unspecified atom stereocenters. The molecule has 1 amide bonds. The zero-order valence-corrected chi connectivity index (χ0v) is 19.4. The van der Waals surface area contributed by atoms with Crippen molar-refractivity contribution in [1.29, 1.82) is 0 Å². The van der Waals surface area contributed by atoms with Gasteiger partial charge in [0.25, 0.3) is 5.91 Å². The van der Waals surface area contributed by atoms with Crippen LogP contribution >= 0.6 is 11.3 Å². The van der Waals surface area contributed by atoms with Crippen LogP contribution in [-0.2, 0) is 13.0 Å². The molecule has 3 heterocycles. The van der Waals surface area contributed by atoms with Gasteiger partial charge in [-0.2, -0.15) is 0 Å². The van der Waals surface area contributed by atoms with Gasteiger partial charge < -0.3 is 25.0 Å². The number of quaternary nitrogens is 1. The number of nitrogens with one attached hydrogen (secondary N) is 3. The van der Waals surface area contributed by atoms with Crippen LogP contribution in [0.5, 0.6) is 11.5 Å². The van der Waals surface area contributed by atoms with Gasteiger partial charge in [0.15, 0.2) is 11.5 Å². The third-order valence-corrected chi connectivity index (χ3v) is 7.11. The van der Waals surface area contributed by atoms with E-state index in [0.717, 1.165) is 35.6 Å². The molecule has 3 aromatic rings. The molecule has 5 rings (SSSR count). The van der Waals surface area contributed by atoms with Crippen LogP contribution in [0.4, 0.5) is 5.00 Å². The van der Waals surface area contributed by atoms with Crippen molar-refractivity contribution in [3.8, 4) is 11.5 Å². The average Bonchev–Trinajstić information content (AvgIpc) is 3.18. The molecular formula is C25H26N3O4S+. The summed E-state index contributed by atoms with van der Waals surface area (Å²) in [5.74, 6) is 0.296. The zero-order valence-electron chi connectivity index (χ0n) is 18.6. The van der Waals surface area contributed by atoms with Gasteiger partial charge in [-0.25, -0.2) is 4.79 Å². The van der Waals surface area contributed by atoms with E-state index in [9.17, 15) is 9.59 Å². The Bertz CT molecular complexity index is 1210. The minimum absolute atomic E-state index is 0.0525. The molecule has 0 aliphatic carbocycles. The number of esters is 1. The maximum Gasteiger partial charge on any atom is 0.343 e. The van der Waals surface area contributed by atoms with Gasteiger partial charge >= 0.3 is 5.97 Å². The number of thiophene rings is 1. The Morgan fingerprint density at radius 1 is 1.15 bits per heavy atom. The second-order valence-electron chi connectivity index (χ2n) is 8.29. The topological polar surface area (TPSA) is 81.1 Å². The number of fused-ring (bicyclic) bond motifs is 3. The van der Waals surface area contributed by atoms with Gasteiger partial charge in [0.2, 0.25) is 0 Å². The summed E-state index contributed by atoms with van der Waals surface area (Å²) in [7, 11) is 2.18. The summed E-state index contributed by atoms with van der Waals surface area (Å²) in [6.07, 6.45) is 0.524. The van der Waals surface area contributed by atoms with Crippen molar-refractivity contribution in [3.05, 3.63) is 75.7 Å². The Morgan fingerprint density at radius 3 is 2.76 bits per heavy atom. The molecule has 0 spiro atoms. The molecule has 2 aliphatic rings. The van der Waals surface area contributed by atoms with Crippen LogP contribution in [0.2, 0.25) is 0 Å². The van der Waals surface area contributed by atoms with E-state index in [2.05, 4.69) is 17.7 Å². The molecule has 3 N–H and O–H groups in total. The molecule has 1 aromatic heterocycles. The number of carbonyl (C=O) groups excluding carboxylic acids is 2. The SMILES string of the molecule is CCOc1cc(C2NC(=O)c3c(sc4c3CC[NH+](C)C4)N2)ccc1OC(=O)c1ccccc1. The van der Waals surface area contributed by atoms with Crippen LogP contribution in [0.15, 0.2) is 48.5 Å². The van der Waals surface area contributed by atoms with Crippen LogP contribution < -0.4 is 25.0 Å². The lowest BCUT2D eigenvalue weighted by Gasteiger charge is -2.27. The van der Waals surface area contributed by atoms with Crippen LogP contribution in [0.1, 0.15) is 49.8 Å². The number of benzene rings is 2. The molecule has 0 saturated carbocycles. The lowest BCUT2D eigenvalue weighted by molar-refractivity contribution is -0.895. The third kappa shape index (κ3) is 4.19. The summed E-state index contributed by atoms with van der Waals surface area (Å²) in [5.41, 5.74) is 3.26. The van der Waals surface area contributed by atoms with E-state index in [1.54, 1.807) is 41.7 Å². The highest BCUT2D eigenvalue weighted by atomic mass is 32.1. The first kappa shape index (κ1) is 21.5. The lowest BCUT2D eigenvalue weighted by atomic mass is 10.0. The normalized spacial score (nSPS) is 19.0. The molecule has 2 aromatic carbocycles. The maximum absolute atomic E-state index is 13.0. The fourth-order valence-corrected chi connectivity index (χ4v) is 5.68. The highest BCUT2D eigenvalue weighted by Gasteiger charge is 2.34. The molecule has 0 fully saturated rings. The second kappa shape index (κ2) is 8.88. The minimum atomic E-state index is -0.450. The fourth-order valence-electron chi connectivity index (χ4n) is 4.29. The summed E-state index contributed by atoms with van der Waals surface area (Å²) in [4.78, 5) is 28.3. The lowest BCUT2D eigenvalue weighted by Crippen LogP contribution is -3.08. The van der Waals surface area contributed by atoms with Crippen molar-refractivity contribution in [2.24, 2.45) is 0 Å². The highest BCUT2D eigenvalue weighted by molar-refractivity contribution is 7.16. The Kier molecular flexibility index (Phi) is 5.78. The molecule has 33 heavy (non-hydrogen) atoms. The second-order valence-corrected chi connectivity index (χ2v) is 9.39. The van der Waals surface area contributed by atoms with E-state index in [1.165, 1.54) is 15.3 Å². The van der Waals surface area contributed by atoms with Gasteiger partial charge in [0, 0.05) is 6.42 Å². The first-order valence-electron chi connectivity index (χ1n) is 11.1. The van der Waals surface area contributed by atoms with E-state index in [4.69, 9.17) is 9.47 Å². The summed E-state index contributed by atoms with van der Waals surface area (Å²) in [6.45, 7) is 4.27. The predicted molar refractivity (Wildman–Crippen MR) is 126 cm³/mol. The van der Waals surface area contributed by atoms with Crippen molar-refractivity contribution in [1.82, 2.24) is 5.32 Å². The number of hydrogen-bond acceptors (Lipinski definition) is 6. The van der Waals surface area contributed by atoms with Gasteiger partial charge in [-0.05, 0) is 42.3 Å². The van der Waals surface area contributed by atoms with Crippen molar-refractivity contribution >= 4 is 28.2 Å². The van der Waals surface area contributed by atoms with E-state index in [1.807, 2.05) is 25.1 Å².